The predicted molar refractivity (Wildman–Crippen MR) is 95.4 cm³/mol. The fraction of sp³-hybridized carbons (Fsp3) is 0.619. The summed E-state index contributed by atoms with van der Waals surface area (Å²) in [5, 5.41) is 0. The third-order valence-corrected chi connectivity index (χ3v) is 5.16. The molecule has 2 rings (SSSR count). The summed E-state index contributed by atoms with van der Waals surface area (Å²) in [5.41, 5.74) is 0.492. The minimum absolute atomic E-state index is 0.492. The lowest BCUT2D eigenvalue weighted by atomic mass is 9.78. The summed E-state index contributed by atoms with van der Waals surface area (Å²) >= 11 is 0. The summed E-state index contributed by atoms with van der Waals surface area (Å²) < 4.78 is 55.7. The van der Waals surface area contributed by atoms with Crippen molar-refractivity contribution < 1.29 is 22.3 Å². The van der Waals surface area contributed by atoms with Gasteiger partial charge in [0.15, 0.2) is 17.4 Å². The molecule has 0 aromatic heterocycles. The maximum atomic E-state index is 13.8. The molecule has 0 heterocycles. The average Bonchev–Trinajstić information content (AvgIpc) is 2.61. The molecule has 0 bridgehead atoms. The highest BCUT2D eigenvalue weighted by Crippen LogP contribution is 2.34. The fourth-order valence-electron chi connectivity index (χ4n) is 3.66. The van der Waals surface area contributed by atoms with Gasteiger partial charge in [-0.25, -0.2) is 8.78 Å². The minimum Gasteiger partial charge on any atom is -0.429 e. The molecule has 0 amide bonds. The number of rotatable bonds is 9. The molecular weight excluding hydrogens is 344 g/mol. The highest BCUT2D eigenvalue weighted by molar-refractivity contribution is 5.31. The van der Waals surface area contributed by atoms with Gasteiger partial charge in [-0.15, -0.1) is 0 Å². The molecule has 0 aliphatic heterocycles. The Kier molecular flexibility index (Phi) is 8.46. The number of ether oxygens (including phenoxy) is 1. The molecule has 1 fully saturated rings. The van der Waals surface area contributed by atoms with Gasteiger partial charge in [0.05, 0.1) is 0 Å². The van der Waals surface area contributed by atoms with Gasteiger partial charge in [0.2, 0.25) is 0 Å². The molecule has 5 heteroatoms. The van der Waals surface area contributed by atoms with Crippen LogP contribution in [0.15, 0.2) is 24.3 Å². The molecule has 1 aromatic carbocycles. The van der Waals surface area contributed by atoms with E-state index < -0.39 is 24.0 Å². The van der Waals surface area contributed by atoms with Crippen LogP contribution < -0.4 is 4.74 Å². The van der Waals surface area contributed by atoms with E-state index in [9.17, 15) is 17.6 Å². The van der Waals surface area contributed by atoms with Crippen molar-refractivity contribution in [3.05, 3.63) is 41.5 Å². The SMILES string of the molecule is CCCC=CCC1CCC(CCc2cc(F)c(OC(F)F)c(F)c2)CC1. The van der Waals surface area contributed by atoms with Crippen molar-refractivity contribution in [2.75, 3.05) is 0 Å². The molecule has 0 spiro atoms. The van der Waals surface area contributed by atoms with Crippen LogP contribution in [0.3, 0.4) is 0 Å². The van der Waals surface area contributed by atoms with E-state index in [0.717, 1.165) is 50.2 Å². The van der Waals surface area contributed by atoms with Crippen LogP contribution in [0.4, 0.5) is 17.6 Å². The Hall–Kier alpha value is -1.52. The summed E-state index contributed by atoms with van der Waals surface area (Å²) in [6.07, 6.45) is 14.1. The topological polar surface area (TPSA) is 9.23 Å². The number of hydrogen-bond acceptors (Lipinski definition) is 1. The quantitative estimate of drug-likeness (QED) is 0.333. The molecule has 1 saturated carbocycles. The maximum Gasteiger partial charge on any atom is 0.387 e. The molecule has 26 heavy (non-hydrogen) atoms. The van der Waals surface area contributed by atoms with Crippen molar-refractivity contribution in [3.8, 4) is 5.75 Å². The van der Waals surface area contributed by atoms with Gasteiger partial charge in [0.25, 0.3) is 0 Å². The Bertz CT molecular complexity index is 554. The van der Waals surface area contributed by atoms with E-state index in [1.165, 1.54) is 19.3 Å². The van der Waals surface area contributed by atoms with Crippen LogP contribution in [0.5, 0.6) is 5.75 Å². The molecule has 146 valence electrons. The van der Waals surface area contributed by atoms with Crippen LogP contribution in [0, 0.1) is 23.5 Å². The minimum atomic E-state index is -3.24. The van der Waals surface area contributed by atoms with E-state index in [4.69, 9.17) is 0 Å². The van der Waals surface area contributed by atoms with Crippen LogP contribution >= 0.6 is 0 Å². The zero-order valence-electron chi connectivity index (χ0n) is 15.3. The first-order chi connectivity index (χ1) is 12.5. The molecule has 1 aliphatic carbocycles. The van der Waals surface area contributed by atoms with Crippen molar-refractivity contribution >= 4 is 0 Å². The van der Waals surface area contributed by atoms with E-state index in [0.29, 0.717) is 17.9 Å². The van der Waals surface area contributed by atoms with Crippen LogP contribution in [-0.4, -0.2) is 6.61 Å². The third-order valence-electron chi connectivity index (χ3n) is 5.16. The Morgan fingerprint density at radius 2 is 1.65 bits per heavy atom. The second kappa shape index (κ2) is 10.6. The first-order valence-electron chi connectivity index (χ1n) is 9.57. The standard InChI is InChI=1S/C21H28F4O/c1-2-3-4-5-6-15-7-9-16(10-8-15)11-12-17-13-18(22)20(19(23)14-17)26-21(24)25/h4-5,13-16,21H,2-3,6-12H2,1H3. The van der Waals surface area contributed by atoms with Crippen molar-refractivity contribution in [1.82, 2.24) is 0 Å². The summed E-state index contributed by atoms with van der Waals surface area (Å²) in [6.45, 7) is -1.07. The molecule has 0 unspecified atom stereocenters. The van der Waals surface area contributed by atoms with Crippen molar-refractivity contribution in [2.24, 2.45) is 11.8 Å². The molecule has 1 aliphatic rings. The number of aryl methyl sites for hydroxylation is 1. The first kappa shape index (κ1) is 20.8. The average molecular weight is 372 g/mol. The second-order valence-corrected chi connectivity index (χ2v) is 7.19. The molecule has 0 N–H and O–H groups in total. The van der Waals surface area contributed by atoms with Crippen LogP contribution in [-0.2, 0) is 6.42 Å². The fourth-order valence-corrected chi connectivity index (χ4v) is 3.66. The molecular formula is C21H28F4O. The van der Waals surface area contributed by atoms with Crippen molar-refractivity contribution in [1.29, 1.82) is 0 Å². The second-order valence-electron chi connectivity index (χ2n) is 7.19. The number of alkyl halides is 2. The van der Waals surface area contributed by atoms with Gasteiger partial charge in [-0.1, -0.05) is 38.3 Å². The molecule has 1 nitrogen and oxygen atoms in total. The number of halogens is 4. The van der Waals surface area contributed by atoms with E-state index in [1.54, 1.807) is 0 Å². The first-order valence-corrected chi connectivity index (χ1v) is 9.57. The Morgan fingerprint density at radius 3 is 2.23 bits per heavy atom. The largest absolute Gasteiger partial charge is 0.429 e. The summed E-state index contributed by atoms with van der Waals surface area (Å²) in [5.74, 6) is -1.82. The van der Waals surface area contributed by atoms with Gasteiger partial charge in [0, 0.05) is 0 Å². The third kappa shape index (κ3) is 6.65. The van der Waals surface area contributed by atoms with E-state index in [-0.39, 0.29) is 0 Å². The van der Waals surface area contributed by atoms with Gasteiger partial charge in [-0.05, 0) is 68.1 Å². The zero-order chi connectivity index (χ0) is 18.9. The van der Waals surface area contributed by atoms with Gasteiger partial charge in [-0.3, -0.25) is 0 Å². The number of benzene rings is 1. The lowest BCUT2D eigenvalue weighted by Crippen LogP contribution is -2.15. The van der Waals surface area contributed by atoms with Gasteiger partial charge < -0.3 is 4.74 Å². The monoisotopic (exact) mass is 372 g/mol. The number of unbranched alkanes of at least 4 members (excludes halogenated alkanes) is 1. The lowest BCUT2D eigenvalue weighted by molar-refractivity contribution is -0.0546. The van der Waals surface area contributed by atoms with Crippen LogP contribution in [0.25, 0.3) is 0 Å². The van der Waals surface area contributed by atoms with Crippen LogP contribution in [0.1, 0.15) is 63.9 Å². The van der Waals surface area contributed by atoms with Gasteiger partial charge >= 0.3 is 6.61 Å². The summed E-state index contributed by atoms with van der Waals surface area (Å²) in [4.78, 5) is 0. The zero-order valence-corrected chi connectivity index (χ0v) is 15.3. The van der Waals surface area contributed by atoms with E-state index in [1.807, 2.05) is 0 Å². The summed E-state index contributed by atoms with van der Waals surface area (Å²) in [6, 6.07) is 2.20. The molecule has 0 atom stereocenters. The van der Waals surface area contributed by atoms with Gasteiger partial charge in [-0.2, -0.15) is 8.78 Å². The van der Waals surface area contributed by atoms with E-state index in [2.05, 4.69) is 23.8 Å². The lowest BCUT2D eigenvalue weighted by Gasteiger charge is -2.28. The number of allylic oxidation sites excluding steroid dienone is 2. The Balaban J connectivity index is 1.78. The van der Waals surface area contributed by atoms with Gasteiger partial charge in [0.1, 0.15) is 0 Å². The Labute approximate surface area is 153 Å². The molecule has 0 radical (unpaired) electrons. The van der Waals surface area contributed by atoms with Crippen molar-refractivity contribution in [3.63, 3.8) is 0 Å². The van der Waals surface area contributed by atoms with E-state index >= 15 is 0 Å². The highest BCUT2D eigenvalue weighted by Gasteiger charge is 2.21. The summed E-state index contributed by atoms with van der Waals surface area (Å²) in [7, 11) is 0. The highest BCUT2D eigenvalue weighted by atomic mass is 19.3. The predicted octanol–water partition coefficient (Wildman–Crippen LogP) is 7.05. The molecule has 1 aromatic rings. The Morgan fingerprint density at radius 1 is 1.04 bits per heavy atom. The number of hydrogen-bond donors (Lipinski definition) is 0. The normalized spacial score (nSPS) is 20.8. The van der Waals surface area contributed by atoms with Crippen molar-refractivity contribution in [2.45, 2.75) is 71.3 Å². The smallest absolute Gasteiger partial charge is 0.387 e. The van der Waals surface area contributed by atoms with Crippen LogP contribution in [0.2, 0.25) is 0 Å². The maximum absolute atomic E-state index is 13.8. The molecule has 0 saturated heterocycles.